The fourth-order valence-electron chi connectivity index (χ4n) is 1.89. The van der Waals surface area contributed by atoms with Crippen molar-refractivity contribution in [3.8, 4) is 0 Å². The molecule has 0 spiro atoms. The molecule has 3 N–H and O–H groups in total. The van der Waals surface area contributed by atoms with Gasteiger partial charge in [0.2, 0.25) is 0 Å². The highest BCUT2D eigenvalue weighted by molar-refractivity contribution is 5.97. The van der Waals surface area contributed by atoms with Gasteiger partial charge in [0.05, 0.1) is 29.7 Å². The molecule has 0 aliphatic rings. The third kappa shape index (κ3) is 3.53. The van der Waals surface area contributed by atoms with Crippen LogP contribution in [0.25, 0.3) is 0 Å². The first-order valence-electron chi connectivity index (χ1n) is 6.89. The van der Waals surface area contributed by atoms with E-state index in [4.69, 9.17) is 10.5 Å². The van der Waals surface area contributed by atoms with Crippen LogP contribution in [0.1, 0.15) is 37.2 Å². The lowest BCUT2D eigenvalue weighted by atomic mass is 10.1. The molecule has 6 nitrogen and oxygen atoms in total. The van der Waals surface area contributed by atoms with Gasteiger partial charge in [-0.25, -0.2) is 4.79 Å². The molecule has 0 radical (unpaired) electrons. The topological polar surface area (TPSA) is 82.2 Å². The number of rotatable bonds is 5. The van der Waals surface area contributed by atoms with Gasteiger partial charge in [-0.15, -0.1) is 0 Å². The average Bonchev–Trinajstić information content (AvgIpc) is 2.90. The highest BCUT2D eigenvalue weighted by Crippen LogP contribution is 2.24. The number of anilines is 3. The van der Waals surface area contributed by atoms with Crippen LogP contribution in [0.3, 0.4) is 0 Å². The van der Waals surface area contributed by atoms with Crippen LogP contribution in [0.4, 0.5) is 17.1 Å². The van der Waals surface area contributed by atoms with Crippen LogP contribution in [0.5, 0.6) is 0 Å². The quantitative estimate of drug-likeness (QED) is 0.653. The Balaban J connectivity index is 2.28. The highest BCUT2D eigenvalue weighted by atomic mass is 16.5. The predicted octanol–water partition coefficient (Wildman–Crippen LogP) is 2.97. The van der Waals surface area contributed by atoms with E-state index in [-0.39, 0.29) is 6.04 Å². The van der Waals surface area contributed by atoms with Crippen molar-refractivity contribution in [2.24, 2.45) is 0 Å². The Hall–Kier alpha value is -2.50. The minimum Gasteiger partial charge on any atom is -0.462 e. The summed E-state index contributed by atoms with van der Waals surface area (Å²) < 4.78 is 6.89. The van der Waals surface area contributed by atoms with Crippen molar-refractivity contribution in [2.45, 2.75) is 26.8 Å². The van der Waals surface area contributed by atoms with E-state index in [0.717, 1.165) is 5.69 Å². The molecule has 0 aliphatic carbocycles. The zero-order valence-electron chi connectivity index (χ0n) is 12.5. The third-order valence-corrected chi connectivity index (χ3v) is 2.95. The summed E-state index contributed by atoms with van der Waals surface area (Å²) in [6.45, 7) is 6.18. The summed E-state index contributed by atoms with van der Waals surface area (Å²) in [7, 11) is 0. The smallest absolute Gasteiger partial charge is 0.340 e. The van der Waals surface area contributed by atoms with E-state index in [1.165, 1.54) is 0 Å². The van der Waals surface area contributed by atoms with Crippen molar-refractivity contribution >= 4 is 23.0 Å². The number of carbonyl (C=O) groups excluding carboxylic acids is 1. The second-order valence-electron chi connectivity index (χ2n) is 4.95. The monoisotopic (exact) mass is 288 g/mol. The van der Waals surface area contributed by atoms with Crippen molar-refractivity contribution in [3.05, 3.63) is 36.2 Å². The Morgan fingerprint density at radius 1 is 1.48 bits per heavy atom. The number of nitrogens with zero attached hydrogens (tertiary/aromatic N) is 2. The first kappa shape index (κ1) is 14.9. The van der Waals surface area contributed by atoms with Gasteiger partial charge in [0, 0.05) is 17.9 Å². The third-order valence-electron chi connectivity index (χ3n) is 2.95. The predicted molar refractivity (Wildman–Crippen MR) is 82.7 cm³/mol. The lowest BCUT2D eigenvalue weighted by Gasteiger charge is -2.11. The maximum absolute atomic E-state index is 12.0. The molecular weight excluding hydrogens is 268 g/mol. The summed E-state index contributed by atoms with van der Waals surface area (Å²) in [4.78, 5) is 12.0. The van der Waals surface area contributed by atoms with E-state index >= 15 is 0 Å². The van der Waals surface area contributed by atoms with Crippen molar-refractivity contribution in [3.63, 3.8) is 0 Å². The molecule has 1 aromatic heterocycles. The molecule has 1 aromatic carbocycles. The molecule has 2 aromatic rings. The average molecular weight is 288 g/mol. The number of hydrogen-bond acceptors (Lipinski definition) is 5. The van der Waals surface area contributed by atoms with Crippen molar-refractivity contribution in [1.82, 2.24) is 9.78 Å². The molecule has 112 valence electrons. The molecule has 0 amide bonds. The lowest BCUT2D eigenvalue weighted by Crippen LogP contribution is -2.08. The molecular formula is C15H20N4O2. The van der Waals surface area contributed by atoms with E-state index in [1.54, 1.807) is 31.3 Å². The van der Waals surface area contributed by atoms with Gasteiger partial charge >= 0.3 is 5.97 Å². The molecule has 0 saturated carbocycles. The molecule has 0 fully saturated rings. The van der Waals surface area contributed by atoms with Gasteiger partial charge in [0.1, 0.15) is 0 Å². The lowest BCUT2D eigenvalue weighted by molar-refractivity contribution is 0.0527. The second-order valence-corrected chi connectivity index (χ2v) is 4.95. The van der Waals surface area contributed by atoms with E-state index in [1.807, 2.05) is 24.7 Å². The second kappa shape index (κ2) is 6.30. The molecule has 0 unspecified atom stereocenters. The first-order chi connectivity index (χ1) is 10.0. The molecule has 0 atom stereocenters. The SMILES string of the molecule is CCOC(=O)c1cc(N)ccc1Nc1cnn(C(C)C)c1. The number of carbonyl (C=O) groups is 1. The Morgan fingerprint density at radius 3 is 2.86 bits per heavy atom. The number of hydrogen-bond donors (Lipinski definition) is 2. The maximum atomic E-state index is 12.0. The fraction of sp³-hybridized carbons (Fsp3) is 0.333. The van der Waals surface area contributed by atoms with Gasteiger partial charge in [-0.05, 0) is 39.0 Å². The summed E-state index contributed by atoms with van der Waals surface area (Å²) in [6.07, 6.45) is 3.60. The summed E-state index contributed by atoms with van der Waals surface area (Å²) in [5.74, 6) is -0.399. The fourth-order valence-corrected chi connectivity index (χ4v) is 1.89. The summed E-state index contributed by atoms with van der Waals surface area (Å²) in [5.41, 5.74) is 8.12. The Morgan fingerprint density at radius 2 is 2.24 bits per heavy atom. The van der Waals surface area contributed by atoms with Crippen molar-refractivity contribution < 1.29 is 9.53 Å². The number of ether oxygens (including phenoxy) is 1. The molecule has 0 bridgehead atoms. The first-order valence-corrected chi connectivity index (χ1v) is 6.89. The number of aromatic nitrogens is 2. The van der Waals surface area contributed by atoms with Crippen LogP contribution in [0, 0.1) is 0 Å². The van der Waals surface area contributed by atoms with Gasteiger partial charge < -0.3 is 15.8 Å². The van der Waals surface area contributed by atoms with Crippen LogP contribution >= 0.6 is 0 Å². The van der Waals surface area contributed by atoms with Crippen LogP contribution in [0.15, 0.2) is 30.6 Å². The number of benzene rings is 1. The number of nitrogens with two attached hydrogens (primary N) is 1. The van der Waals surface area contributed by atoms with Crippen LogP contribution in [-0.4, -0.2) is 22.4 Å². The molecule has 2 rings (SSSR count). The van der Waals surface area contributed by atoms with Crippen LogP contribution < -0.4 is 11.1 Å². The van der Waals surface area contributed by atoms with E-state index < -0.39 is 5.97 Å². The maximum Gasteiger partial charge on any atom is 0.340 e. The van der Waals surface area contributed by atoms with Crippen molar-refractivity contribution in [1.29, 1.82) is 0 Å². The largest absolute Gasteiger partial charge is 0.462 e. The Kier molecular flexibility index (Phi) is 4.47. The Bertz CT molecular complexity index is 634. The van der Waals surface area contributed by atoms with Gasteiger partial charge in [0.15, 0.2) is 0 Å². The summed E-state index contributed by atoms with van der Waals surface area (Å²) in [6, 6.07) is 5.37. The van der Waals surface area contributed by atoms with Crippen LogP contribution in [-0.2, 0) is 4.74 Å². The van der Waals surface area contributed by atoms with E-state index in [0.29, 0.717) is 23.5 Å². The highest BCUT2D eigenvalue weighted by Gasteiger charge is 2.14. The van der Waals surface area contributed by atoms with Crippen LogP contribution in [0.2, 0.25) is 0 Å². The molecule has 1 heterocycles. The number of esters is 1. The molecule has 0 saturated heterocycles. The zero-order chi connectivity index (χ0) is 15.4. The molecule has 6 heteroatoms. The van der Waals surface area contributed by atoms with Gasteiger partial charge in [-0.2, -0.15) is 5.10 Å². The van der Waals surface area contributed by atoms with E-state index in [2.05, 4.69) is 10.4 Å². The Labute approximate surface area is 123 Å². The van der Waals surface area contributed by atoms with Gasteiger partial charge in [-0.1, -0.05) is 0 Å². The van der Waals surface area contributed by atoms with Crippen molar-refractivity contribution in [2.75, 3.05) is 17.7 Å². The standard InChI is InChI=1S/C15H20N4O2/c1-4-21-15(20)13-7-11(16)5-6-14(13)18-12-8-17-19(9-12)10(2)3/h5-10,18H,4,16H2,1-3H3. The minimum absolute atomic E-state index is 0.275. The molecule has 21 heavy (non-hydrogen) atoms. The van der Waals surface area contributed by atoms with Gasteiger partial charge in [-0.3, -0.25) is 4.68 Å². The summed E-state index contributed by atoms with van der Waals surface area (Å²) in [5, 5.41) is 7.43. The van der Waals surface area contributed by atoms with Gasteiger partial charge in [0.25, 0.3) is 0 Å². The minimum atomic E-state index is -0.399. The normalized spacial score (nSPS) is 10.7. The number of nitrogen functional groups attached to an aromatic ring is 1. The summed E-state index contributed by atoms with van der Waals surface area (Å²) >= 11 is 0. The zero-order valence-corrected chi connectivity index (χ0v) is 12.5. The number of nitrogens with one attached hydrogen (secondary N) is 1. The van der Waals surface area contributed by atoms with E-state index in [9.17, 15) is 4.79 Å². The molecule has 0 aliphatic heterocycles.